The van der Waals surface area contributed by atoms with Gasteiger partial charge in [0.1, 0.15) is 11.6 Å². The molecule has 2 aromatic rings. The molecule has 4 heteroatoms. The average molecular weight is 202 g/mol. The van der Waals surface area contributed by atoms with Crippen LogP contribution in [0.25, 0.3) is 10.1 Å². The number of fused-ring (bicyclic) bond motifs is 1. The molecular weight excluding hydrogens is 198 g/mol. The highest BCUT2D eigenvalue weighted by atomic mass is 32.1. The van der Waals surface area contributed by atoms with Crippen LogP contribution in [0.15, 0.2) is 22.4 Å². The molecular formula is C8H4F2S2. The van der Waals surface area contributed by atoms with Crippen molar-refractivity contribution in [3.8, 4) is 0 Å². The predicted octanol–water partition coefficient (Wildman–Crippen LogP) is 3.47. The molecule has 0 aliphatic heterocycles. The zero-order chi connectivity index (χ0) is 8.72. The second-order valence-corrected chi connectivity index (χ2v) is 3.72. The highest BCUT2D eigenvalue weighted by Gasteiger charge is 2.09. The van der Waals surface area contributed by atoms with E-state index in [0.29, 0.717) is 9.60 Å². The van der Waals surface area contributed by atoms with Crippen LogP contribution in [-0.4, -0.2) is 0 Å². The van der Waals surface area contributed by atoms with Crippen molar-refractivity contribution in [1.29, 1.82) is 0 Å². The van der Waals surface area contributed by atoms with Crippen molar-refractivity contribution in [2.75, 3.05) is 0 Å². The Morgan fingerprint density at radius 3 is 2.50 bits per heavy atom. The van der Waals surface area contributed by atoms with Crippen molar-refractivity contribution in [3.05, 3.63) is 29.1 Å². The van der Waals surface area contributed by atoms with Crippen LogP contribution in [0.4, 0.5) is 8.78 Å². The van der Waals surface area contributed by atoms with Gasteiger partial charge in [-0.15, -0.1) is 24.0 Å². The molecule has 0 spiro atoms. The highest BCUT2D eigenvalue weighted by molar-refractivity contribution is 7.80. The van der Waals surface area contributed by atoms with Crippen LogP contribution in [0.5, 0.6) is 0 Å². The largest absolute Gasteiger partial charge is 0.206 e. The van der Waals surface area contributed by atoms with Crippen LogP contribution in [0.1, 0.15) is 0 Å². The molecule has 0 saturated carbocycles. The SMILES string of the molecule is Fc1ccc(F)c2c(S)csc12. The van der Waals surface area contributed by atoms with Crippen molar-refractivity contribution >= 4 is 34.1 Å². The molecule has 1 aromatic heterocycles. The highest BCUT2D eigenvalue weighted by Crippen LogP contribution is 2.32. The molecule has 0 aliphatic rings. The zero-order valence-corrected chi connectivity index (χ0v) is 7.55. The molecule has 0 N–H and O–H groups in total. The van der Waals surface area contributed by atoms with Crippen molar-refractivity contribution in [2.45, 2.75) is 4.90 Å². The third-order valence-electron chi connectivity index (χ3n) is 1.60. The first-order valence-electron chi connectivity index (χ1n) is 3.24. The number of rotatable bonds is 0. The summed E-state index contributed by atoms with van der Waals surface area (Å²) < 4.78 is 26.4. The van der Waals surface area contributed by atoms with Crippen LogP contribution in [0.3, 0.4) is 0 Å². The smallest absolute Gasteiger partial charge is 0.141 e. The molecule has 0 aliphatic carbocycles. The van der Waals surface area contributed by atoms with Gasteiger partial charge in [0.2, 0.25) is 0 Å². The van der Waals surface area contributed by atoms with E-state index >= 15 is 0 Å². The third kappa shape index (κ3) is 1.03. The van der Waals surface area contributed by atoms with Crippen molar-refractivity contribution in [3.63, 3.8) is 0 Å². The lowest BCUT2D eigenvalue weighted by molar-refractivity contribution is 0.618. The van der Waals surface area contributed by atoms with Crippen LogP contribution in [-0.2, 0) is 0 Å². The van der Waals surface area contributed by atoms with Crippen molar-refractivity contribution in [2.24, 2.45) is 0 Å². The standard InChI is InChI=1S/C8H4F2S2/c9-4-1-2-5(10)8-7(4)6(11)3-12-8/h1-3,11H. The summed E-state index contributed by atoms with van der Waals surface area (Å²) in [6.45, 7) is 0. The van der Waals surface area contributed by atoms with E-state index in [1.54, 1.807) is 5.38 Å². The zero-order valence-electron chi connectivity index (χ0n) is 5.84. The van der Waals surface area contributed by atoms with E-state index in [4.69, 9.17) is 0 Å². The van der Waals surface area contributed by atoms with E-state index in [0.717, 1.165) is 23.5 Å². The number of thiophene rings is 1. The van der Waals surface area contributed by atoms with Crippen LogP contribution >= 0.6 is 24.0 Å². The molecule has 1 aromatic carbocycles. The van der Waals surface area contributed by atoms with Crippen molar-refractivity contribution in [1.82, 2.24) is 0 Å². The normalized spacial score (nSPS) is 10.9. The second-order valence-electron chi connectivity index (χ2n) is 2.35. The Hall–Kier alpha value is -0.610. The van der Waals surface area contributed by atoms with Gasteiger partial charge in [-0.2, -0.15) is 0 Å². The second kappa shape index (κ2) is 2.71. The molecule has 2 rings (SSSR count). The first-order valence-corrected chi connectivity index (χ1v) is 4.57. The summed E-state index contributed by atoms with van der Waals surface area (Å²) in [7, 11) is 0. The fourth-order valence-corrected chi connectivity index (χ4v) is 2.37. The summed E-state index contributed by atoms with van der Waals surface area (Å²) in [6.07, 6.45) is 0. The molecule has 0 nitrogen and oxygen atoms in total. The molecule has 1 heterocycles. The maximum atomic E-state index is 13.1. The van der Waals surface area contributed by atoms with E-state index in [2.05, 4.69) is 12.6 Å². The van der Waals surface area contributed by atoms with E-state index < -0.39 is 11.6 Å². The average Bonchev–Trinajstić information content (AvgIpc) is 2.42. The minimum Gasteiger partial charge on any atom is -0.206 e. The van der Waals surface area contributed by atoms with Gasteiger partial charge in [-0.1, -0.05) is 0 Å². The first kappa shape index (κ1) is 8.01. The van der Waals surface area contributed by atoms with Gasteiger partial charge in [0.25, 0.3) is 0 Å². The molecule has 0 atom stereocenters. The van der Waals surface area contributed by atoms with E-state index in [9.17, 15) is 8.78 Å². The lowest BCUT2D eigenvalue weighted by Crippen LogP contribution is -1.79. The molecule has 0 radical (unpaired) electrons. The van der Waals surface area contributed by atoms with Gasteiger partial charge in [-0.05, 0) is 12.1 Å². The lowest BCUT2D eigenvalue weighted by atomic mass is 10.2. The van der Waals surface area contributed by atoms with Gasteiger partial charge in [0.05, 0.1) is 4.70 Å². The molecule has 0 unspecified atom stereocenters. The summed E-state index contributed by atoms with van der Waals surface area (Å²) in [5, 5.41) is 1.91. The van der Waals surface area contributed by atoms with Gasteiger partial charge in [-0.3, -0.25) is 0 Å². The molecule has 12 heavy (non-hydrogen) atoms. The minimum atomic E-state index is -0.419. The van der Waals surface area contributed by atoms with Crippen molar-refractivity contribution < 1.29 is 8.78 Å². The Kier molecular flexibility index (Phi) is 1.81. The topological polar surface area (TPSA) is 0 Å². The molecule has 0 bridgehead atoms. The lowest BCUT2D eigenvalue weighted by Gasteiger charge is -1.94. The summed E-state index contributed by atoms with van der Waals surface area (Å²) in [4.78, 5) is 0.493. The predicted molar refractivity (Wildman–Crippen MR) is 49.0 cm³/mol. The molecule has 0 saturated heterocycles. The fourth-order valence-electron chi connectivity index (χ4n) is 1.06. The van der Waals surface area contributed by atoms with Gasteiger partial charge in [-0.25, -0.2) is 8.78 Å². The Bertz CT molecular complexity index is 434. The molecule has 62 valence electrons. The number of thiol groups is 1. The summed E-state index contributed by atoms with van der Waals surface area (Å²) >= 11 is 5.19. The van der Waals surface area contributed by atoms with Crippen LogP contribution < -0.4 is 0 Å². The molecule has 0 fully saturated rings. The Morgan fingerprint density at radius 1 is 1.17 bits per heavy atom. The van der Waals surface area contributed by atoms with Gasteiger partial charge in [0.15, 0.2) is 0 Å². The van der Waals surface area contributed by atoms with E-state index in [-0.39, 0.29) is 5.39 Å². The summed E-state index contributed by atoms with van der Waals surface area (Å²) in [5.41, 5.74) is 0. The number of hydrogen-bond donors (Lipinski definition) is 1. The maximum absolute atomic E-state index is 13.1. The maximum Gasteiger partial charge on any atom is 0.141 e. The number of benzene rings is 1. The summed E-state index contributed by atoms with van der Waals surface area (Å²) in [6, 6.07) is 2.24. The van der Waals surface area contributed by atoms with E-state index in [1.807, 2.05) is 0 Å². The third-order valence-corrected chi connectivity index (χ3v) is 3.12. The minimum absolute atomic E-state index is 0.281. The fraction of sp³-hybridized carbons (Fsp3) is 0. The van der Waals surface area contributed by atoms with Crippen LogP contribution in [0, 0.1) is 11.6 Å². The Labute approximate surface area is 77.2 Å². The quantitative estimate of drug-likeness (QED) is 0.621. The number of halogens is 2. The van der Waals surface area contributed by atoms with Gasteiger partial charge < -0.3 is 0 Å². The first-order chi connectivity index (χ1) is 5.70. The van der Waals surface area contributed by atoms with Crippen LogP contribution in [0.2, 0.25) is 0 Å². The van der Waals surface area contributed by atoms with Gasteiger partial charge in [0, 0.05) is 15.7 Å². The summed E-state index contributed by atoms with van der Waals surface area (Å²) in [5.74, 6) is -0.811. The Morgan fingerprint density at radius 2 is 1.83 bits per heavy atom. The van der Waals surface area contributed by atoms with E-state index in [1.165, 1.54) is 0 Å². The van der Waals surface area contributed by atoms with Gasteiger partial charge >= 0.3 is 0 Å². The Balaban J connectivity index is 2.98. The molecule has 0 amide bonds. The number of hydrogen-bond acceptors (Lipinski definition) is 2. The monoisotopic (exact) mass is 202 g/mol.